The molecule has 1 atom stereocenters. The average molecular weight is 247 g/mol. The predicted molar refractivity (Wildman–Crippen MR) is 77.9 cm³/mol. The van der Waals surface area contributed by atoms with E-state index in [1.165, 1.54) is 11.1 Å². The zero-order valence-electron chi connectivity index (χ0n) is 12.0. The smallest absolute Gasteiger partial charge is 0.227 e. The molecule has 2 heteroatoms. The Morgan fingerprint density at radius 2 is 1.78 bits per heavy atom. The minimum atomic E-state index is 0.144. The fraction of sp³-hybridized carbons (Fsp3) is 0.562. The summed E-state index contributed by atoms with van der Waals surface area (Å²) in [6.45, 7) is 8.35. The fourth-order valence-electron chi connectivity index (χ4n) is 2.26. The maximum absolute atomic E-state index is 12.2. The summed E-state index contributed by atoms with van der Waals surface area (Å²) in [7, 11) is 0. The molecule has 0 saturated heterocycles. The van der Waals surface area contributed by atoms with Crippen LogP contribution in [0.3, 0.4) is 0 Å². The molecule has 1 rings (SSSR count). The molecule has 0 aliphatic carbocycles. The lowest BCUT2D eigenvalue weighted by molar-refractivity contribution is -0.120. The molecule has 1 amide bonds. The van der Waals surface area contributed by atoms with E-state index in [0.29, 0.717) is 0 Å². The van der Waals surface area contributed by atoms with Crippen LogP contribution in [0.15, 0.2) is 18.2 Å². The number of amides is 1. The van der Waals surface area contributed by atoms with Gasteiger partial charge in [-0.15, -0.1) is 0 Å². The van der Waals surface area contributed by atoms with Gasteiger partial charge >= 0.3 is 0 Å². The van der Waals surface area contributed by atoms with E-state index in [2.05, 4.69) is 39.1 Å². The lowest BCUT2D eigenvalue weighted by Crippen LogP contribution is -2.22. The summed E-state index contributed by atoms with van der Waals surface area (Å²) in [5, 5.41) is 3.04. The van der Waals surface area contributed by atoms with Gasteiger partial charge in [0.1, 0.15) is 0 Å². The van der Waals surface area contributed by atoms with Crippen molar-refractivity contribution in [2.45, 2.75) is 53.4 Å². The minimum Gasteiger partial charge on any atom is -0.326 e. The first-order valence-corrected chi connectivity index (χ1v) is 6.96. The van der Waals surface area contributed by atoms with Crippen LogP contribution in [0, 0.1) is 19.8 Å². The van der Waals surface area contributed by atoms with Gasteiger partial charge in [0.2, 0.25) is 5.91 Å². The van der Waals surface area contributed by atoms with Crippen molar-refractivity contribution < 1.29 is 4.79 Å². The van der Waals surface area contributed by atoms with Gasteiger partial charge in [-0.3, -0.25) is 4.79 Å². The van der Waals surface area contributed by atoms with Crippen molar-refractivity contribution in [2.24, 2.45) is 5.92 Å². The third-order valence-electron chi connectivity index (χ3n) is 3.26. The summed E-state index contributed by atoms with van der Waals surface area (Å²) >= 11 is 0. The van der Waals surface area contributed by atoms with Crippen molar-refractivity contribution in [3.63, 3.8) is 0 Å². The third-order valence-corrected chi connectivity index (χ3v) is 3.26. The molecule has 0 fully saturated rings. The Kier molecular flexibility index (Phi) is 5.90. The van der Waals surface area contributed by atoms with Gasteiger partial charge in [0.15, 0.2) is 0 Å². The van der Waals surface area contributed by atoms with E-state index in [9.17, 15) is 4.79 Å². The van der Waals surface area contributed by atoms with E-state index < -0.39 is 0 Å². The number of nitrogens with one attached hydrogen (secondary N) is 1. The van der Waals surface area contributed by atoms with Crippen LogP contribution in [0.25, 0.3) is 0 Å². The Labute approximate surface area is 111 Å². The molecular formula is C16H25NO. The monoisotopic (exact) mass is 247 g/mol. The molecular weight excluding hydrogens is 222 g/mol. The number of carbonyl (C=O) groups is 1. The highest BCUT2D eigenvalue weighted by Crippen LogP contribution is 2.18. The first-order valence-electron chi connectivity index (χ1n) is 6.96. The van der Waals surface area contributed by atoms with E-state index in [-0.39, 0.29) is 11.8 Å². The first-order chi connectivity index (χ1) is 8.56. The summed E-state index contributed by atoms with van der Waals surface area (Å²) in [6, 6.07) is 6.17. The van der Waals surface area contributed by atoms with Crippen LogP contribution in [0.5, 0.6) is 0 Å². The van der Waals surface area contributed by atoms with Gasteiger partial charge in [-0.25, -0.2) is 0 Å². The summed E-state index contributed by atoms with van der Waals surface area (Å²) in [6.07, 6.45) is 4.17. The number of aryl methyl sites for hydroxylation is 2. The van der Waals surface area contributed by atoms with E-state index in [1.54, 1.807) is 0 Å². The van der Waals surface area contributed by atoms with E-state index >= 15 is 0 Å². The lowest BCUT2D eigenvalue weighted by atomic mass is 9.98. The molecule has 2 nitrogen and oxygen atoms in total. The Morgan fingerprint density at radius 1 is 1.17 bits per heavy atom. The Bertz CT molecular complexity index is 378. The molecule has 0 aromatic heterocycles. The van der Waals surface area contributed by atoms with E-state index in [1.807, 2.05) is 12.1 Å². The molecule has 0 spiro atoms. The van der Waals surface area contributed by atoms with Crippen molar-refractivity contribution >= 4 is 11.6 Å². The standard InChI is InChI=1S/C16H25NO/c1-5-7-8-14(6-2)16(18)17-15-10-12(3)9-13(4)11-15/h9-11,14H,5-8H2,1-4H3,(H,17,18). The van der Waals surface area contributed by atoms with Gasteiger partial charge in [0.05, 0.1) is 0 Å². The van der Waals surface area contributed by atoms with Gasteiger partial charge < -0.3 is 5.32 Å². The van der Waals surface area contributed by atoms with Crippen LogP contribution in [0.1, 0.15) is 50.7 Å². The average Bonchev–Trinajstić information content (AvgIpc) is 2.28. The van der Waals surface area contributed by atoms with Crippen molar-refractivity contribution in [3.05, 3.63) is 29.3 Å². The lowest BCUT2D eigenvalue weighted by Gasteiger charge is -2.15. The first kappa shape index (κ1) is 14.7. The number of carbonyl (C=O) groups excluding carboxylic acids is 1. The topological polar surface area (TPSA) is 29.1 Å². The molecule has 0 bridgehead atoms. The third kappa shape index (κ3) is 4.52. The van der Waals surface area contributed by atoms with Crippen LogP contribution in [-0.2, 0) is 4.79 Å². The van der Waals surface area contributed by atoms with Crippen molar-refractivity contribution in [1.82, 2.24) is 0 Å². The maximum Gasteiger partial charge on any atom is 0.227 e. The highest BCUT2D eigenvalue weighted by Gasteiger charge is 2.15. The Morgan fingerprint density at radius 3 is 2.28 bits per heavy atom. The molecule has 1 aromatic carbocycles. The summed E-state index contributed by atoms with van der Waals surface area (Å²) in [5.41, 5.74) is 3.30. The molecule has 1 N–H and O–H groups in total. The molecule has 1 aromatic rings. The summed E-state index contributed by atoms with van der Waals surface area (Å²) in [5.74, 6) is 0.307. The van der Waals surface area contributed by atoms with Gasteiger partial charge in [-0.1, -0.05) is 32.8 Å². The highest BCUT2D eigenvalue weighted by molar-refractivity contribution is 5.92. The van der Waals surface area contributed by atoms with Gasteiger partial charge in [0, 0.05) is 11.6 Å². The SMILES string of the molecule is CCCCC(CC)C(=O)Nc1cc(C)cc(C)c1. The van der Waals surface area contributed by atoms with E-state index in [4.69, 9.17) is 0 Å². The normalized spacial score (nSPS) is 12.2. The molecule has 100 valence electrons. The predicted octanol–water partition coefficient (Wildman–Crippen LogP) is 4.46. The number of anilines is 1. The van der Waals surface area contributed by atoms with Crippen LogP contribution in [-0.4, -0.2) is 5.91 Å². The van der Waals surface area contributed by atoms with Crippen LogP contribution < -0.4 is 5.32 Å². The van der Waals surface area contributed by atoms with Crippen LogP contribution in [0.2, 0.25) is 0 Å². The summed E-state index contributed by atoms with van der Waals surface area (Å²) < 4.78 is 0. The molecule has 1 unspecified atom stereocenters. The van der Waals surface area contributed by atoms with Crippen molar-refractivity contribution in [2.75, 3.05) is 5.32 Å². The second-order valence-electron chi connectivity index (χ2n) is 5.11. The van der Waals surface area contributed by atoms with Gasteiger partial charge in [-0.2, -0.15) is 0 Å². The number of hydrogen-bond acceptors (Lipinski definition) is 1. The fourth-order valence-corrected chi connectivity index (χ4v) is 2.26. The zero-order valence-corrected chi connectivity index (χ0v) is 12.0. The molecule has 0 aliphatic heterocycles. The number of benzene rings is 1. The molecule has 0 heterocycles. The van der Waals surface area contributed by atoms with E-state index in [0.717, 1.165) is 31.4 Å². The van der Waals surface area contributed by atoms with Crippen LogP contribution >= 0.6 is 0 Å². The number of hydrogen-bond donors (Lipinski definition) is 1. The largest absolute Gasteiger partial charge is 0.326 e. The molecule has 18 heavy (non-hydrogen) atoms. The molecule has 0 aliphatic rings. The van der Waals surface area contributed by atoms with Crippen molar-refractivity contribution in [3.8, 4) is 0 Å². The zero-order chi connectivity index (χ0) is 13.5. The van der Waals surface area contributed by atoms with Crippen molar-refractivity contribution in [1.29, 1.82) is 0 Å². The minimum absolute atomic E-state index is 0.144. The Balaban J connectivity index is 2.67. The molecule has 0 saturated carbocycles. The van der Waals surface area contributed by atoms with Crippen LogP contribution in [0.4, 0.5) is 5.69 Å². The summed E-state index contributed by atoms with van der Waals surface area (Å²) in [4.78, 5) is 12.2. The van der Waals surface area contributed by atoms with Gasteiger partial charge in [0.25, 0.3) is 0 Å². The quantitative estimate of drug-likeness (QED) is 0.790. The highest BCUT2D eigenvalue weighted by atomic mass is 16.1. The Hall–Kier alpha value is -1.31. The second-order valence-corrected chi connectivity index (χ2v) is 5.11. The number of rotatable bonds is 6. The maximum atomic E-state index is 12.2. The second kappa shape index (κ2) is 7.20. The number of unbranched alkanes of at least 4 members (excludes halogenated alkanes) is 1. The van der Waals surface area contributed by atoms with Gasteiger partial charge in [-0.05, 0) is 49.9 Å². The molecule has 0 radical (unpaired) electrons.